The van der Waals surface area contributed by atoms with Crippen LogP contribution < -0.4 is 0 Å². The molecule has 2 heterocycles. The lowest BCUT2D eigenvalue weighted by Gasteiger charge is -2.33. The number of rotatable bonds is 2. The third kappa shape index (κ3) is 2.32. The molecular weight excluding hydrogens is 234 g/mol. The van der Waals surface area contributed by atoms with E-state index >= 15 is 0 Å². The first-order valence-corrected chi connectivity index (χ1v) is 5.91. The number of nitrogens with zero attached hydrogens (tertiary/aromatic N) is 3. The van der Waals surface area contributed by atoms with Crippen LogP contribution in [0.25, 0.3) is 0 Å². The molecule has 1 aromatic rings. The Kier molecular flexibility index (Phi) is 3.55. The van der Waals surface area contributed by atoms with Gasteiger partial charge in [-0.25, -0.2) is 14.8 Å². The Morgan fingerprint density at radius 2 is 2.22 bits per heavy atom. The Hall–Kier alpha value is -1.98. The minimum Gasteiger partial charge on any atom is -0.480 e. The Morgan fingerprint density at radius 1 is 1.44 bits per heavy atom. The number of hydrogen-bond donors (Lipinski definition) is 1. The van der Waals surface area contributed by atoms with Crippen molar-refractivity contribution in [1.82, 2.24) is 14.9 Å². The first-order chi connectivity index (χ1) is 8.61. The normalized spacial score (nSPS) is 19.6. The highest BCUT2D eigenvalue weighted by Crippen LogP contribution is 2.20. The second-order valence-electron chi connectivity index (χ2n) is 4.37. The third-order valence-electron chi connectivity index (χ3n) is 3.19. The van der Waals surface area contributed by atoms with Crippen molar-refractivity contribution in [3.8, 4) is 0 Å². The van der Waals surface area contributed by atoms with Crippen molar-refractivity contribution in [2.75, 3.05) is 6.54 Å². The molecular formula is C12H15N3O3. The van der Waals surface area contributed by atoms with Gasteiger partial charge in [-0.2, -0.15) is 0 Å². The molecule has 1 saturated heterocycles. The molecule has 0 bridgehead atoms. The second kappa shape index (κ2) is 5.12. The molecule has 6 nitrogen and oxygen atoms in total. The summed E-state index contributed by atoms with van der Waals surface area (Å²) >= 11 is 0. The van der Waals surface area contributed by atoms with Crippen LogP contribution in [0.1, 0.15) is 35.3 Å². The van der Waals surface area contributed by atoms with Crippen LogP contribution in [0.3, 0.4) is 0 Å². The zero-order chi connectivity index (χ0) is 13.1. The van der Waals surface area contributed by atoms with Crippen LogP contribution in [-0.4, -0.2) is 44.4 Å². The predicted molar refractivity (Wildman–Crippen MR) is 63.1 cm³/mol. The average molecular weight is 249 g/mol. The van der Waals surface area contributed by atoms with Crippen molar-refractivity contribution in [2.45, 2.75) is 32.2 Å². The number of carbonyl (C=O) groups is 2. The zero-order valence-corrected chi connectivity index (χ0v) is 10.2. The summed E-state index contributed by atoms with van der Waals surface area (Å²) < 4.78 is 0. The lowest BCUT2D eigenvalue weighted by atomic mass is 10.0. The number of amides is 1. The zero-order valence-electron chi connectivity index (χ0n) is 10.2. The summed E-state index contributed by atoms with van der Waals surface area (Å²) in [5.74, 6) is -1.24. The SMILES string of the molecule is Cc1ncncc1C(=O)N1CCCC[C@@H]1C(=O)O. The van der Waals surface area contributed by atoms with E-state index < -0.39 is 12.0 Å². The molecule has 6 heteroatoms. The number of aromatic nitrogens is 2. The molecule has 0 aromatic carbocycles. The van der Waals surface area contributed by atoms with Gasteiger partial charge in [0.05, 0.1) is 11.3 Å². The van der Waals surface area contributed by atoms with Crippen molar-refractivity contribution < 1.29 is 14.7 Å². The highest BCUT2D eigenvalue weighted by Gasteiger charge is 2.33. The molecule has 0 radical (unpaired) electrons. The number of aryl methyl sites for hydroxylation is 1. The largest absolute Gasteiger partial charge is 0.480 e. The summed E-state index contributed by atoms with van der Waals surface area (Å²) in [5, 5.41) is 9.15. The van der Waals surface area contributed by atoms with Gasteiger partial charge < -0.3 is 10.0 Å². The van der Waals surface area contributed by atoms with Crippen molar-refractivity contribution in [2.24, 2.45) is 0 Å². The fraction of sp³-hybridized carbons (Fsp3) is 0.500. The van der Waals surface area contributed by atoms with E-state index in [0.717, 1.165) is 12.8 Å². The van der Waals surface area contributed by atoms with Crippen molar-refractivity contribution in [1.29, 1.82) is 0 Å². The molecule has 0 aliphatic carbocycles. The van der Waals surface area contributed by atoms with E-state index in [1.165, 1.54) is 17.4 Å². The van der Waals surface area contributed by atoms with Gasteiger partial charge in [0.1, 0.15) is 12.4 Å². The summed E-state index contributed by atoms with van der Waals surface area (Å²) in [4.78, 5) is 32.7. The maximum atomic E-state index is 12.3. The van der Waals surface area contributed by atoms with Crippen LogP contribution in [-0.2, 0) is 4.79 Å². The Morgan fingerprint density at radius 3 is 2.89 bits per heavy atom. The Balaban J connectivity index is 2.27. The topological polar surface area (TPSA) is 83.4 Å². The summed E-state index contributed by atoms with van der Waals surface area (Å²) in [5.41, 5.74) is 0.954. The quantitative estimate of drug-likeness (QED) is 0.840. The molecule has 1 aliphatic rings. The van der Waals surface area contributed by atoms with Gasteiger partial charge in [0.25, 0.3) is 5.91 Å². The summed E-state index contributed by atoms with van der Waals surface area (Å²) in [6, 6.07) is -0.731. The Labute approximate surface area is 105 Å². The van der Waals surface area contributed by atoms with Gasteiger partial charge >= 0.3 is 5.97 Å². The lowest BCUT2D eigenvalue weighted by Crippen LogP contribution is -2.48. The van der Waals surface area contributed by atoms with Gasteiger partial charge in [-0.1, -0.05) is 0 Å². The van der Waals surface area contributed by atoms with E-state index in [-0.39, 0.29) is 5.91 Å². The van der Waals surface area contributed by atoms with Crippen molar-refractivity contribution in [3.05, 3.63) is 23.8 Å². The van der Waals surface area contributed by atoms with Crippen LogP contribution in [0.2, 0.25) is 0 Å². The minimum atomic E-state index is -0.947. The van der Waals surface area contributed by atoms with Gasteiger partial charge in [-0.05, 0) is 26.2 Å². The maximum absolute atomic E-state index is 12.3. The molecule has 18 heavy (non-hydrogen) atoms. The molecule has 96 valence electrons. The van der Waals surface area contributed by atoms with E-state index in [1.54, 1.807) is 6.92 Å². The van der Waals surface area contributed by atoms with E-state index in [2.05, 4.69) is 9.97 Å². The van der Waals surface area contributed by atoms with Crippen LogP contribution in [0.5, 0.6) is 0 Å². The first kappa shape index (κ1) is 12.5. The van der Waals surface area contributed by atoms with E-state index in [1.807, 2.05) is 0 Å². The van der Waals surface area contributed by atoms with Gasteiger partial charge in [-0.15, -0.1) is 0 Å². The number of piperidine rings is 1. The fourth-order valence-electron chi connectivity index (χ4n) is 2.19. The van der Waals surface area contributed by atoms with Crippen LogP contribution >= 0.6 is 0 Å². The first-order valence-electron chi connectivity index (χ1n) is 5.91. The molecule has 1 aromatic heterocycles. The number of carboxylic acids is 1. The van der Waals surface area contributed by atoms with Gasteiger partial charge in [0, 0.05) is 12.7 Å². The molecule has 1 N–H and O–H groups in total. The van der Waals surface area contributed by atoms with E-state index in [9.17, 15) is 9.59 Å². The molecule has 1 aliphatic heterocycles. The maximum Gasteiger partial charge on any atom is 0.326 e. The molecule has 1 amide bonds. The summed E-state index contributed by atoms with van der Waals surface area (Å²) in [6.45, 7) is 2.19. The van der Waals surface area contributed by atoms with Gasteiger partial charge in [0.15, 0.2) is 0 Å². The van der Waals surface area contributed by atoms with E-state index in [4.69, 9.17) is 5.11 Å². The second-order valence-corrected chi connectivity index (χ2v) is 4.37. The number of carbonyl (C=O) groups excluding carboxylic acids is 1. The van der Waals surface area contributed by atoms with Crippen molar-refractivity contribution >= 4 is 11.9 Å². The molecule has 0 saturated carbocycles. The monoisotopic (exact) mass is 249 g/mol. The molecule has 0 spiro atoms. The highest BCUT2D eigenvalue weighted by atomic mass is 16.4. The van der Waals surface area contributed by atoms with Crippen LogP contribution in [0.4, 0.5) is 0 Å². The summed E-state index contributed by atoms with van der Waals surface area (Å²) in [6.07, 6.45) is 5.00. The predicted octanol–water partition coefficient (Wildman–Crippen LogP) is 0.864. The van der Waals surface area contributed by atoms with Gasteiger partial charge in [-0.3, -0.25) is 4.79 Å². The summed E-state index contributed by atoms with van der Waals surface area (Å²) in [7, 11) is 0. The van der Waals surface area contributed by atoms with Crippen LogP contribution in [0, 0.1) is 6.92 Å². The number of carboxylic acid groups (broad SMARTS) is 1. The van der Waals surface area contributed by atoms with Gasteiger partial charge in [0.2, 0.25) is 0 Å². The third-order valence-corrected chi connectivity index (χ3v) is 3.19. The smallest absolute Gasteiger partial charge is 0.326 e. The number of aliphatic carboxylic acids is 1. The fourth-order valence-corrected chi connectivity index (χ4v) is 2.19. The molecule has 0 unspecified atom stereocenters. The average Bonchev–Trinajstić information content (AvgIpc) is 2.38. The standard InChI is InChI=1S/C12H15N3O3/c1-8-9(6-13-7-14-8)11(16)15-5-3-2-4-10(15)12(17)18/h6-7,10H,2-5H2,1H3,(H,17,18)/t10-/m1/s1. The lowest BCUT2D eigenvalue weighted by molar-refractivity contribution is -0.143. The van der Waals surface area contributed by atoms with Crippen molar-refractivity contribution in [3.63, 3.8) is 0 Å². The molecule has 1 fully saturated rings. The van der Waals surface area contributed by atoms with Crippen LogP contribution in [0.15, 0.2) is 12.5 Å². The molecule has 1 atom stereocenters. The number of hydrogen-bond acceptors (Lipinski definition) is 4. The van der Waals surface area contributed by atoms with E-state index in [0.29, 0.717) is 24.2 Å². The highest BCUT2D eigenvalue weighted by molar-refractivity contribution is 5.97. The number of likely N-dealkylation sites (tertiary alicyclic amines) is 1. The molecule has 2 rings (SSSR count). The minimum absolute atomic E-state index is 0.291. The Bertz CT molecular complexity index is 475.